The number of amides is 2. The molecule has 0 saturated carbocycles. The normalized spacial score (nSPS) is 29.4. The maximum Gasteiger partial charge on any atom is 0.248 e. The van der Waals surface area contributed by atoms with Gasteiger partial charge in [-0.3, -0.25) is 9.59 Å². The summed E-state index contributed by atoms with van der Waals surface area (Å²) in [6.45, 7) is 5.96. The molecule has 21 heavy (non-hydrogen) atoms. The van der Waals surface area contributed by atoms with Crippen molar-refractivity contribution in [3.05, 3.63) is 0 Å². The Balaban J connectivity index is 2.21. The molecule has 2 saturated heterocycles. The summed E-state index contributed by atoms with van der Waals surface area (Å²) in [6, 6.07) is 0. The SMILES string of the molecule is CCC1(CC)NC(=O)CCN(CC2(OC)CCOC2)C1=O. The summed E-state index contributed by atoms with van der Waals surface area (Å²) < 4.78 is 11.1. The second-order valence-electron chi connectivity index (χ2n) is 6.00. The zero-order chi connectivity index (χ0) is 15.5. The minimum Gasteiger partial charge on any atom is -0.378 e. The number of nitrogens with one attached hydrogen (secondary N) is 1. The first kappa shape index (κ1) is 16.2. The van der Waals surface area contributed by atoms with E-state index in [1.165, 1.54) is 0 Å². The van der Waals surface area contributed by atoms with Crippen LogP contribution in [0.4, 0.5) is 0 Å². The number of hydrogen-bond donors (Lipinski definition) is 1. The van der Waals surface area contributed by atoms with Crippen LogP contribution in [0, 0.1) is 0 Å². The van der Waals surface area contributed by atoms with Crippen LogP contribution in [0.2, 0.25) is 0 Å². The molecule has 0 bridgehead atoms. The molecular weight excluding hydrogens is 272 g/mol. The van der Waals surface area contributed by atoms with E-state index in [2.05, 4.69) is 5.32 Å². The predicted molar refractivity (Wildman–Crippen MR) is 77.8 cm³/mol. The third kappa shape index (κ3) is 3.06. The van der Waals surface area contributed by atoms with Crippen LogP contribution in [0.5, 0.6) is 0 Å². The molecule has 1 atom stereocenters. The van der Waals surface area contributed by atoms with Gasteiger partial charge in [-0.2, -0.15) is 0 Å². The van der Waals surface area contributed by atoms with Gasteiger partial charge in [0, 0.05) is 33.1 Å². The highest BCUT2D eigenvalue weighted by Crippen LogP contribution is 2.28. The molecule has 2 rings (SSSR count). The Bertz CT molecular complexity index is 400. The Morgan fingerprint density at radius 1 is 1.33 bits per heavy atom. The zero-order valence-electron chi connectivity index (χ0n) is 13.2. The van der Waals surface area contributed by atoms with Gasteiger partial charge in [0.1, 0.15) is 11.1 Å². The zero-order valence-corrected chi connectivity index (χ0v) is 13.2. The second-order valence-corrected chi connectivity index (χ2v) is 6.00. The van der Waals surface area contributed by atoms with Crippen LogP contribution in [0.25, 0.3) is 0 Å². The standard InChI is InChI=1S/C15H26N2O4/c1-4-15(5-2)13(19)17(8-6-12(18)16-15)10-14(20-3)7-9-21-11-14/h4-11H2,1-3H3,(H,16,18). The van der Waals surface area contributed by atoms with E-state index in [0.717, 1.165) is 6.42 Å². The highest BCUT2D eigenvalue weighted by atomic mass is 16.5. The van der Waals surface area contributed by atoms with Crippen LogP contribution in [-0.4, -0.2) is 61.3 Å². The monoisotopic (exact) mass is 298 g/mol. The number of nitrogens with zero attached hydrogens (tertiary/aromatic N) is 1. The first-order chi connectivity index (χ1) is 10.0. The van der Waals surface area contributed by atoms with Crippen molar-refractivity contribution in [2.75, 3.05) is 33.4 Å². The largest absolute Gasteiger partial charge is 0.378 e. The molecular formula is C15H26N2O4. The van der Waals surface area contributed by atoms with Gasteiger partial charge in [-0.05, 0) is 12.8 Å². The van der Waals surface area contributed by atoms with Crippen molar-refractivity contribution in [2.24, 2.45) is 0 Å². The molecule has 2 aliphatic rings. The van der Waals surface area contributed by atoms with Crippen LogP contribution in [-0.2, 0) is 19.1 Å². The first-order valence-electron chi connectivity index (χ1n) is 7.74. The van der Waals surface area contributed by atoms with Crippen molar-refractivity contribution in [3.63, 3.8) is 0 Å². The van der Waals surface area contributed by atoms with E-state index in [9.17, 15) is 9.59 Å². The van der Waals surface area contributed by atoms with E-state index < -0.39 is 11.1 Å². The molecule has 6 heteroatoms. The third-order valence-electron chi connectivity index (χ3n) is 4.87. The molecule has 6 nitrogen and oxygen atoms in total. The fourth-order valence-electron chi connectivity index (χ4n) is 3.19. The first-order valence-corrected chi connectivity index (χ1v) is 7.74. The Morgan fingerprint density at radius 3 is 2.57 bits per heavy atom. The highest BCUT2D eigenvalue weighted by Gasteiger charge is 2.45. The van der Waals surface area contributed by atoms with E-state index in [0.29, 0.717) is 45.6 Å². The fraction of sp³-hybridized carbons (Fsp3) is 0.867. The molecule has 1 unspecified atom stereocenters. The molecule has 2 aliphatic heterocycles. The van der Waals surface area contributed by atoms with Gasteiger partial charge in [0.25, 0.3) is 0 Å². The van der Waals surface area contributed by atoms with Crippen molar-refractivity contribution >= 4 is 11.8 Å². The smallest absolute Gasteiger partial charge is 0.248 e. The van der Waals surface area contributed by atoms with Crippen molar-refractivity contribution in [1.82, 2.24) is 10.2 Å². The Labute approximate surface area is 126 Å². The number of carbonyl (C=O) groups excluding carboxylic acids is 2. The minimum absolute atomic E-state index is 0.00155. The van der Waals surface area contributed by atoms with Gasteiger partial charge < -0.3 is 19.7 Å². The number of ether oxygens (including phenoxy) is 2. The van der Waals surface area contributed by atoms with Crippen LogP contribution in [0.15, 0.2) is 0 Å². The number of carbonyl (C=O) groups is 2. The van der Waals surface area contributed by atoms with Crippen LogP contribution >= 0.6 is 0 Å². The van der Waals surface area contributed by atoms with Crippen LogP contribution in [0.1, 0.15) is 39.5 Å². The maximum atomic E-state index is 12.9. The summed E-state index contributed by atoms with van der Waals surface area (Å²) in [5.41, 5.74) is -1.21. The fourth-order valence-corrected chi connectivity index (χ4v) is 3.19. The lowest BCUT2D eigenvalue weighted by Crippen LogP contribution is -2.58. The van der Waals surface area contributed by atoms with Crippen LogP contribution < -0.4 is 5.32 Å². The van der Waals surface area contributed by atoms with Crippen molar-refractivity contribution in [2.45, 2.75) is 50.7 Å². The minimum atomic E-state index is -0.776. The summed E-state index contributed by atoms with van der Waals surface area (Å²) in [5, 5.41) is 2.92. The van der Waals surface area contributed by atoms with Crippen LogP contribution in [0.3, 0.4) is 0 Å². The molecule has 0 aliphatic carbocycles. The number of rotatable bonds is 5. The molecule has 1 N–H and O–H groups in total. The van der Waals surface area contributed by atoms with Gasteiger partial charge >= 0.3 is 0 Å². The number of hydrogen-bond acceptors (Lipinski definition) is 4. The van der Waals surface area contributed by atoms with Crippen molar-refractivity contribution < 1.29 is 19.1 Å². The molecule has 0 spiro atoms. The van der Waals surface area contributed by atoms with Crippen molar-refractivity contribution in [3.8, 4) is 0 Å². The predicted octanol–water partition coefficient (Wildman–Crippen LogP) is 0.699. The summed E-state index contributed by atoms with van der Waals surface area (Å²) >= 11 is 0. The Kier molecular flexibility index (Phi) is 4.88. The molecule has 2 fully saturated rings. The summed E-state index contributed by atoms with van der Waals surface area (Å²) in [5.74, 6) is -0.0506. The lowest BCUT2D eigenvalue weighted by Gasteiger charge is -2.37. The molecule has 120 valence electrons. The van der Waals surface area contributed by atoms with E-state index in [4.69, 9.17) is 9.47 Å². The van der Waals surface area contributed by atoms with E-state index in [-0.39, 0.29) is 11.8 Å². The quantitative estimate of drug-likeness (QED) is 0.811. The van der Waals surface area contributed by atoms with Gasteiger partial charge in [-0.25, -0.2) is 0 Å². The topological polar surface area (TPSA) is 67.9 Å². The second kappa shape index (κ2) is 6.32. The Hall–Kier alpha value is -1.14. The van der Waals surface area contributed by atoms with Gasteiger partial charge in [0.05, 0.1) is 13.2 Å². The van der Waals surface area contributed by atoms with E-state index in [1.54, 1.807) is 12.0 Å². The molecule has 2 heterocycles. The molecule has 0 aromatic heterocycles. The average molecular weight is 298 g/mol. The summed E-state index contributed by atoms with van der Waals surface area (Å²) in [4.78, 5) is 26.7. The third-order valence-corrected chi connectivity index (χ3v) is 4.87. The van der Waals surface area contributed by atoms with Gasteiger partial charge in [-0.1, -0.05) is 13.8 Å². The van der Waals surface area contributed by atoms with Gasteiger partial charge in [-0.15, -0.1) is 0 Å². The molecule has 0 aromatic carbocycles. The number of methoxy groups -OCH3 is 1. The Morgan fingerprint density at radius 2 is 2.05 bits per heavy atom. The summed E-state index contributed by atoms with van der Waals surface area (Å²) in [6.07, 6.45) is 2.32. The molecule has 0 aromatic rings. The molecule has 2 amide bonds. The van der Waals surface area contributed by atoms with Crippen molar-refractivity contribution in [1.29, 1.82) is 0 Å². The maximum absolute atomic E-state index is 12.9. The summed E-state index contributed by atoms with van der Waals surface area (Å²) in [7, 11) is 1.66. The van der Waals surface area contributed by atoms with Gasteiger partial charge in [0.2, 0.25) is 11.8 Å². The average Bonchev–Trinajstić information content (AvgIpc) is 2.93. The molecule has 0 radical (unpaired) electrons. The van der Waals surface area contributed by atoms with E-state index in [1.807, 2.05) is 13.8 Å². The van der Waals surface area contributed by atoms with E-state index >= 15 is 0 Å². The highest BCUT2D eigenvalue weighted by molar-refractivity contribution is 5.93. The van der Waals surface area contributed by atoms with Gasteiger partial charge in [0.15, 0.2) is 0 Å². The lowest BCUT2D eigenvalue weighted by atomic mass is 9.90. The lowest BCUT2D eigenvalue weighted by molar-refractivity contribution is -0.143.